The smallest absolute Gasteiger partial charge is 0.328 e. The van der Waals surface area contributed by atoms with Crippen LogP contribution in [0.25, 0.3) is 11.1 Å². The molecule has 0 aromatic heterocycles. The number of amides is 1. The highest BCUT2D eigenvalue weighted by molar-refractivity contribution is 5.89. The van der Waals surface area contributed by atoms with Gasteiger partial charge in [-0.3, -0.25) is 10.1 Å². The third kappa shape index (κ3) is 4.40. The monoisotopic (exact) mass is 468 g/mol. The Morgan fingerprint density at radius 1 is 0.914 bits per heavy atom. The van der Waals surface area contributed by atoms with E-state index in [-0.39, 0.29) is 11.8 Å². The van der Waals surface area contributed by atoms with Crippen molar-refractivity contribution in [3.05, 3.63) is 108 Å². The number of fused-ring (bicyclic) bond motifs is 3. The molecule has 5 nitrogen and oxygen atoms in total. The van der Waals surface area contributed by atoms with Crippen molar-refractivity contribution in [1.82, 2.24) is 10.6 Å². The Bertz CT molecular complexity index is 1170. The molecule has 4 rings (SSSR count). The number of hydrogen-bond acceptors (Lipinski definition) is 4. The summed E-state index contributed by atoms with van der Waals surface area (Å²) in [6, 6.07) is 25.4. The maximum Gasteiger partial charge on any atom is 0.328 e. The minimum atomic E-state index is -0.752. The average Bonchev–Trinajstić information content (AvgIpc) is 3.17. The topological polar surface area (TPSA) is 67.4 Å². The molecule has 0 saturated carbocycles. The summed E-state index contributed by atoms with van der Waals surface area (Å²) in [6.07, 6.45) is 2.11. The fourth-order valence-corrected chi connectivity index (χ4v) is 5.01. The van der Waals surface area contributed by atoms with Crippen LogP contribution in [0.2, 0.25) is 0 Å². The molecule has 35 heavy (non-hydrogen) atoms. The second-order valence-corrected chi connectivity index (χ2v) is 9.18. The molecule has 0 saturated heterocycles. The van der Waals surface area contributed by atoms with Crippen LogP contribution in [0.4, 0.5) is 0 Å². The molecule has 0 heterocycles. The van der Waals surface area contributed by atoms with Gasteiger partial charge in [0, 0.05) is 0 Å². The largest absolute Gasteiger partial charge is 0.467 e. The maximum absolute atomic E-state index is 13.6. The zero-order valence-corrected chi connectivity index (χ0v) is 20.5. The predicted molar refractivity (Wildman–Crippen MR) is 139 cm³/mol. The number of carbonyl (C=O) groups is 2. The highest BCUT2D eigenvalue weighted by Gasteiger charge is 2.46. The van der Waals surface area contributed by atoms with Crippen molar-refractivity contribution in [2.75, 3.05) is 7.11 Å². The van der Waals surface area contributed by atoms with Crippen LogP contribution in [0.5, 0.6) is 0 Å². The molecule has 0 spiro atoms. The first-order valence-electron chi connectivity index (χ1n) is 12.0. The SMILES string of the molecule is C=CC[C@H](NC1(c2ccccc2)c2ccccc2-c2ccccc21)C(=O)NC(C(=O)OC)C(C)C. The average molecular weight is 469 g/mol. The first-order chi connectivity index (χ1) is 16.9. The highest BCUT2D eigenvalue weighted by Crippen LogP contribution is 2.51. The Kier molecular flexibility index (Phi) is 7.17. The van der Waals surface area contributed by atoms with E-state index in [2.05, 4.69) is 53.6 Å². The summed E-state index contributed by atoms with van der Waals surface area (Å²) >= 11 is 0. The first-order valence-corrected chi connectivity index (χ1v) is 12.0. The van der Waals surface area contributed by atoms with Crippen molar-refractivity contribution in [2.24, 2.45) is 5.92 Å². The normalized spacial score (nSPS) is 15.0. The minimum Gasteiger partial charge on any atom is -0.467 e. The number of benzene rings is 3. The quantitative estimate of drug-likeness (QED) is 0.349. The summed E-state index contributed by atoms with van der Waals surface area (Å²) in [5, 5.41) is 6.64. The fourth-order valence-electron chi connectivity index (χ4n) is 5.01. The maximum atomic E-state index is 13.6. The Hall–Kier alpha value is -3.70. The van der Waals surface area contributed by atoms with Gasteiger partial charge in [-0.25, -0.2) is 4.79 Å². The molecule has 0 radical (unpaired) electrons. The van der Waals surface area contributed by atoms with Crippen molar-refractivity contribution in [3.8, 4) is 11.1 Å². The van der Waals surface area contributed by atoms with Gasteiger partial charge >= 0.3 is 5.97 Å². The van der Waals surface area contributed by atoms with Gasteiger partial charge in [-0.15, -0.1) is 6.58 Å². The molecular formula is C30H32N2O3. The molecule has 1 aliphatic carbocycles. The molecule has 1 amide bonds. The molecule has 1 unspecified atom stereocenters. The van der Waals surface area contributed by atoms with E-state index in [1.807, 2.05) is 56.3 Å². The standard InChI is InChI=1S/C30H32N2O3/c1-5-13-26(28(33)31-27(20(2)3)29(34)35-4)32-30(21-14-7-6-8-15-21)24-18-11-9-16-22(24)23-17-10-12-19-25(23)30/h5-12,14-20,26-27,32H,1,13H2,2-4H3,(H,31,33)/t26-,27?/m0/s1. The van der Waals surface area contributed by atoms with Crippen LogP contribution in [0, 0.1) is 5.92 Å². The van der Waals surface area contributed by atoms with Gasteiger partial charge in [0.25, 0.3) is 0 Å². The van der Waals surface area contributed by atoms with Gasteiger partial charge in [-0.2, -0.15) is 0 Å². The van der Waals surface area contributed by atoms with Gasteiger partial charge in [0.1, 0.15) is 6.04 Å². The van der Waals surface area contributed by atoms with Crippen molar-refractivity contribution < 1.29 is 14.3 Å². The molecule has 3 aromatic carbocycles. The Morgan fingerprint density at radius 3 is 1.97 bits per heavy atom. The van der Waals surface area contributed by atoms with Crippen LogP contribution in [0.15, 0.2) is 91.5 Å². The van der Waals surface area contributed by atoms with Crippen LogP contribution >= 0.6 is 0 Å². The van der Waals surface area contributed by atoms with Crippen molar-refractivity contribution in [2.45, 2.75) is 37.9 Å². The number of hydrogen-bond donors (Lipinski definition) is 2. The zero-order chi connectivity index (χ0) is 25.0. The number of rotatable bonds is 9. The van der Waals surface area contributed by atoms with Crippen LogP contribution in [-0.2, 0) is 19.9 Å². The van der Waals surface area contributed by atoms with E-state index in [0.717, 1.165) is 27.8 Å². The minimum absolute atomic E-state index is 0.119. The molecule has 5 heteroatoms. The van der Waals surface area contributed by atoms with E-state index < -0.39 is 23.6 Å². The molecule has 2 atom stereocenters. The van der Waals surface area contributed by atoms with Gasteiger partial charge in [-0.05, 0) is 40.2 Å². The van der Waals surface area contributed by atoms with Crippen LogP contribution < -0.4 is 10.6 Å². The number of ether oxygens (including phenoxy) is 1. The summed E-state index contributed by atoms with van der Waals surface area (Å²) in [6.45, 7) is 7.66. The second kappa shape index (κ2) is 10.3. The lowest BCUT2D eigenvalue weighted by Gasteiger charge is -2.37. The second-order valence-electron chi connectivity index (χ2n) is 9.18. The van der Waals surface area contributed by atoms with Gasteiger partial charge in [0.05, 0.1) is 18.7 Å². The van der Waals surface area contributed by atoms with Crippen molar-refractivity contribution >= 4 is 11.9 Å². The van der Waals surface area contributed by atoms with E-state index in [1.54, 1.807) is 6.08 Å². The van der Waals surface area contributed by atoms with Crippen LogP contribution in [0.3, 0.4) is 0 Å². The molecule has 0 aliphatic heterocycles. The third-order valence-electron chi connectivity index (χ3n) is 6.69. The van der Waals surface area contributed by atoms with Crippen LogP contribution in [-0.4, -0.2) is 31.1 Å². The van der Waals surface area contributed by atoms with Crippen molar-refractivity contribution in [1.29, 1.82) is 0 Å². The first kappa shape index (κ1) is 24.4. The number of methoxy groups -OCH3 is 1. The number of carbonyl (C=O) groups excluding carboxylic acids is 2. The zero-order valence-electron chi connectivity index (χ0n) is 20.5. The summed E-state index contributed by atoms with van der Waals surface area (Å²) in [7, 11) is 1.33. The van der Waals surface area contributed by atoms with E-state index >= 15 is 0 Å². The van der Waals surface area contributed by atoms with E-state index in [0.29, 0.717) is 6.42 Å². The molecular weight excluding hydrogens is 436 g/mol. The Balaban J connectivity index is 1.84. The molecule has 0 fully saturated rings. The van der Waals surface area contributed by atoms with E-state index in [9.17, 15) is 9.59 Å². The third-order valence-corrected chi connectivity index (χ3v) is 6.69. The van der Waals surface area contributed by atoms with E-state index in [1.165, 1.54) is 7.11 Å². The molecule has 1 aliphatic rings. The van der Waals surface area contributed by atoms with Gasteiger partial charge in [0.15, 0.2) is 0 Å². The summed E-state index contributed by atoms with van der Waals surface area (Å²) in [5.41, 5.74) is 4.72. The summed E-state index contributed by atoms with van der Waals surface area (Å²) < 4.78 is 4.94. The van der Waals surface area contributed by atoms with Crippen molar-refractivity contribution in [3.63, 3.8) is 0 Å². The lowest BCUT2D eigenvalue weighted by molar-refractivity contribution is -0.146. The van der Waals surface area contributed by atoms with E-state index in [4.69, 9.17) is 4.74 Å². The summed E-state index contributed by atoms with van der Waals surface area (Å²) in [5.74, 6) is -0.849. The Labute approximate surface area is 207 Å². The number of esters is 1. The molecule has 0 bridgehead atoms. The van der Waals surface area contributed by atoms with Gasteiger partial charge in [0.2, 0.25) is 5.91 Å². The van der Waals surface area contributed by atoms with Crippen LogP contribution in [0.1, 0.15) is 37.0 Å². The van der Waals surface area contributed by atoms with Gasteiger partial charge in [-0.1, -0.05) is 98.8 Å². The summed E-state index contributed by atoms with van der Waals surface area (Å²) in [4.78, 5) is 26.0. The molecule has 180 valence electrons. The number of nitrogens with one attached hydrogen (secondary N) is 2. The molecule has 2 N–H and O–H groups in total. The van der Waals surface area contributed by atoms with Gasteiger partial charge < -0.3 is 10.1 Å². The molecule has 3 aromatic rings. The lowest BCUT2D eigenvalue weighted by Crippen LogP contribution is -2.57. The Morgan fingerprint density at radius 2 is 1.46 bits per heavy atom. The lowest BCUT2D eigenvalue weighted by atomic mass is 9.79. The predicted octanol–water partition coefficient (Wildman–Crippen LogP) is 4.81. The highest BCUT2D eigenvalue weighted by atomic mass is 16.5. The fraction of sp³-hybridized carbons (Fsp3) is 0.267.